The Morgan fingerprint density at radius 2 is 2.10 bits per heavy atom. The molecular formula is C13H20ClN5O. The first-order valence-corrected chi connectivity index (χ1v) is 6.84. The maximum absolute atomic E-state index is 5.98. The van der Waals surface area contributed by atoms with E-state index < -0.39 is 0 Å². The van der Waals surface area contributed by atoms with Crippen LogP contribution in [0, 0.1) is 5.41 Å². The van der Waals surface area contributed by atoms with Crippen molar-refractivity contribution in [2.45, 2.75) is 38.5 Å². The normalized spacial score (nSPS) is 17.6. The summed E-state index contributed by atoms with van der Waals surface area (Å²) in [5.74, 6) is 1.82. The van der Waals surface area contributed by atoms with Gasteiger partial charge in [0, 0.05) is 18.8 Å². The lowest BCUT2D eigenvalue weighted by Gasteiger charge is -2.34. The number of H-pyrrole nitrogens is 1. The Labute approximate surface area is 124 Å². The van der Waals surface area contributed by atoms with Crippen molar-refractivity contribution in [2.24, 2.45) is 11.1 Å². The summed E-state index contributed by atoms with van der Waals surface area (Å²) in [5, 5.41) is 3.97. The second-order valence-electron chi connectivity index (χ2n) is 5.39. The minimum Gasteiger partial charge on any atom is -0.342 e. The average molecular weight is 298 g/mol. The zero-order valence-corrected chi connectivity index (χ0v) is 12.2. The number of hydrogen-bond donors (Lipinski definition) is 2. The molecule has 0 unspecified atom stereocenters. The van der Waals surface area contributed by atoms with Crippen LogP contribution in [0.3, 0.4) is 0 Å². The third-order valence-electron chi connectivity index (χ3n) is 4.05. The van der Waals surface area contributed by atoms with E-state index in [9.17, 15) is 0 Å². The molecule has 0 aromatic carbocycles. The molecule has 0 spiro atoms. The molecule has 6 nitrogen and oxygen atoms in total. The number of nitrogens with two attached hydrogens (primary N) is 1. The second kappa shape index (κ2) is 6.37. The van der Waals surface area contributed by atoms with Crippen molar-refractivity contribution < 1.29 is 4.52 Å². The van der Waals surface area contributed by atoms with Crippen molar-refractivity contribution in [1.82, 2.24) is 20.1 Å². The van der Waals surface area contributed by atoms with Crippen LogP contribution in [0.1, 0.15) is 38.0 Å². The largest absolute Gasteiger partial charge is 0.342 e. The fourth-order valence-corrected chi connectivity index (χ4v) is 2.89. The Kier molecular flexibility index (Phi) is 4.77. The molecule has 1 saturated carbocycles. The third kappa shape index (κ3) is 3.02. The maximum Gasteiger partial charge on any atom is 0.238 e. The standard InChI is InChI=1S/C13H19N5O.ClH/c14-9-13(4-2-1-3-5-13)8-10-17-12(18-19-10)11-15-6-7-16-11;/h6-7H,1-5,8-9,14H2,(H,15,16);1H. The number of imidazole rings is 1. The summed E-state index contributed by atoms with van der Waals surface area (Å²) in [4.78, 5) is 11.5. The monoisotopic (exact) mass is 297 g/mol. The van der Waals surface area contributed by atoms with Crippen LogP contribution in [0.25, 0.3) is 11.6 Å². The van der Waals surface area contributed by atoms with Crippen LogP contribution in [0.5, 0.6) is 0 Å². The fourth-order valence-electron chi connectivity index (χ4n) is 2.89. The number of aromatic amines is 1. The molecular weight excluding hydrogens is 278 g/mol. The summed E-state index contributed by atoms with van der Waals surface area (Å²) in [6.45, 7) is 0.686. The molecule has 1 aliphatic carbocycles. The molecule has 0 amide bonds. The van der Waals surface area contributed by atoms with Crippen molar-refractivity contribution in [3.8, 4) is 11.6 Å². The Balaban J connectivity index is 0.00000147. The highest BCUT2D eigenvalue weighted by Crippen LogP contribution is 2.38. The highest BCUT2D eigenvalue weighted by atomic mass is 35.5. The molecule has 0 bridgehead atoms. The van der Waals surface area contributed by atoms with Crippen LogP contribution in [0.15, 0.2) is 16.9 Å². The SMILES string of the molecule is Cl.NCC1(Cc2nc(-c3ncc[nH]3)no2)CCCCC1. The summed E-state index contributed by atoms with van der Waals surface area (Å²) < 4.78 is 5.34. The van der Waals surface area contributed by atoms with Crippen molar-refractivity contribution in [1.29, 1.82) is 0 Å². The van der Waals surface area contributed by atoms with Gasteiger partial charge < -0.3 is 15.2 Å². The van der Waals surface area contributed by atoms with Crippen molar-refractivity contribution >= 4 is 12.4 Å². The van der Waals surface area contributed by atoms with Gasteiger partial charge in [-0.05, 0) is 24.8 Å². The molecule has 0 radical (unpaired) electrons. The number of rotatable bonds is 4. The number of aromatic nitrogens is 4. The molecule has 3 rings (SSSR count). The van der Waals surface area contributed by atoms with Crippen LogP contribution >= 0.6 is 12.4 Å². The van der Waals surface area contributed by atoms with Gasteiger partial charge in [-0.15, -0.1) is 12.4 Å². The number of halogens is 1. The maximum atomic E-state index is 5.98. The molecule has 110 valence electrons. The summed E-state index contributed by atoms with van der Waals surface area (Å²) in [6.07, 6.45) is 10.3. The summed E-state index contributed by atoms with van der Waals surface area (Å²) >= 11 is 0. The highest BCUT2D eigenvalue weighted by molar-refractivity contribution is 5.85. The molecule has 2 aromatic heterocycles. The van der Waals surface area contributed by atoms with Crippen LogP contribution in [0.2, 0.25) is 0 Å². The minimum absolute atomic E-state index is 0. The van der Waals surface area contributed by atoms with Crippen LogP contribution in [-0.4, -0.2) is 26.7 Å². The molecule has 7 heteroatoms. The van der Waals surface area contributed by atoms with E-state index in [4.69, 9.17) is 10.3 Å². The van der Waals surface area contributed by atoms with Gasteiger partial charge in [0.1, 0.15) is 0 Å². The van der Waals surface area contributed by atoms with Crippen molar-refractivity contribution in [2.75, 3.05) is 6.54 Å². The first-order chi connectivity index (χ1) is 9.31. The highest BCUT2D eigenvalue weighted by Gasteiger charge is 2.33. The fraction of sp³-hybridized carbons (Fsp3) is 0.615. The van der Waals surface area contributed by atoms with Crippen LogP contribution in [0.4, 0.5) is 0 Å². The quantitative estimate of drug-likeness (QED) is 0.903. The lowest BCUT2D eigenvalue weighted by molar-refractivity contribution is 0.177. The van der Waals surface area contributed by atoms with E-state index in [-0.39, 0.29) is 17.8 Å². The third-order valence-corrected chi connectivity index (χ3v) is 4.05. The predicted octanol–water partition coefficient (Wildman–Crippen LogP) is 2.33. The molecule has 2 aromatic rings. The van der Waals surface area contributed by atoms with E-state index in [2.05, 4.69) is 20.1 Å². The number of nitrogens with one attached hydrogen (secondary N) is 1. The van der Waals surface area contributed by atoms with Gasteiger partial charge >= 0.3 is 0 Å². The molecule has 3 N–H and O–H groups in total. The first kappa shape index (κ1) is 15.0. The van der Waals surface area contributed by atoms with E-state index in [0.717, 1.165) is 19.3 Å². The smallest absolute Gasteiger partial charge is 0.238 e. The Morgan fingerprint density at radius 3 is 2.75 bits per heavy atom. The summed E-state index contributed by atoms with van der Waals surface area (Å²) in [5.41, 5.74) is 6.12. The Morgan fingerprint density at radius 1 is 1.30 bits per heavy atom. The van der Waals surface area contributed by atoms with Crippen LogP contribution in [-0.2, 0) is 6.42 Å². The lowest BCUT2D eigenvalue weighted by atomic mass is 9.72. The molecule has 20 heavy (non-hydrogen) atoms. The molecule has 1 fully saturated rings. The summed E-state index contributed by atoms with van der Waals surface area (Å²) in [6, 6.07) is 0. The predicted molar refractivity (Wildman–Crippen MR) is 77.4 cm³/mol. The van der Waals surface area contributed by atoms with Gasteiger partial charge in [-0.2, -0.15) is 4.98 Å². The summed E-state index contributed by atoms with van der Waals surface area (Å²) in [7, 11) is 0. The van der Waals surface area contributed by atoms with Crippen molar-refractivity contribution in [3.63, 3.8) is 0 Å². The zero-order chi connectivity index (χ0) is 13.1. The van der Waals surface area contributed by atoms with Gasteiger partial charge in [0.2, 0.25) is 11.7 Å². The Bertz CT molecular complexity index is 519. The van der Waals surface area contributed by atoms with Gasteiger partial charge in [-0.25, -0.2) is 4.98 Å². The molecule has 1 aliphatic rings. The molecule has 0 saturated heterocycles. The molecule has 2 heterocycles. The van der Waals surface area contributed by atoms with E-state index in [0.29, 0.717) is 24.1 Å². The zero-order valence-electron chi connectivity index (χ0n) is 11.3. The number of hydrogen-bond acceptors (Lipinski definition) is 5. The van der Waals surface area contributed by atoms with Crippen LogP contribution < -0.4 is 5.73 Å². The second-order valence-corrected chi connectivity index (χ2v) is 5.39. The Hall–Kier alpha value is -1.40. The molecule has 0 atom stereocenters. The van der Waals surface area contributed by atoms with Gasteiger partial charge in [-0.1, -0.05) is 24.4 Å². The van der Waals surface area contributed by atoms with E-state index in [1.54, 1.807) is 12.4 Å². The van der Waals surface area contributed by atoms with Gasteiger partial charge in [0.05, 0.1) is 0 Å². The topological polar surface area (TPSA) is 93.6 Å². The lowest BCUT2D eigenvalue weighted by Crippen LogP contribution is -2.35. The van der Waals surface area contributed by atoms with E-state index >= 15 is 0 Å². The molecule has 0 aliphatic heterocycles. The van der Waals surface area contributed by atoms with Gasteiger partial charge in [0.15, 0.2) is 5.82 Å². The van der Waals surface area contributed by atoms with Gasteiger partial charge in [-0.3, -0.25) is 0 Å². The first-order valence-electron chi connectivity index (χ1n) is 6.84. The van der Waals surface area contributed by atoms with Gasteiger partial charge in [0.25, 0.3) is 0 Å². The van der Waals surface area contributed by atoms with E-state index in [1.165, 1.54) is 19.3 Å². The van der Waals surface area contributed by atoms with E-state index in [1.807, 2.05) is 0 Å². The van der Waals surface area contributed by atoms with Crippen molar-refractivity contribution in [3.05, 3.63) is 18.3 Å². The number of nitrogens with zero attached hydrogens (tertiary/aromatic N) is 3. The average Bonchev–Trinajstić information content (AvgIpc) is 3.10. The minimum atomic E-state index is 0.